The monoisotopic (exact) mass is 310 g/mol. The molecule has 0 N–H and O–H groups in total. The van der Waals surface area contributed by atoms with Crippen molar-refractivity contribution in [1.29, 1.82) is 0 Å². The Kier molecular flexibility index (Phi) is 3.30. The number of rotatable bonds is 3. The van der Waals surface area contributed by atoms with E-state index < -0.39 is 5.60 Å². The number of benzene rings is 3. The van der Waals surface area contributed by atoms with Crippen molar-refractivity contribution in [2.24, 2.45) is 0 Å². The van der Waals surface area contributed by atoms with Gasteiger partial charge in [0.25, 0.3) is 0 Å². The minimum Gasteiger partial charge on any atom is -0.349 e. The van der Waals surface area contributed by atoms with Gasteiger partial charge in [0.05, 0.1) is 6.61 Å². The molecule has 0 heterocycles. The summed E-state index contributed by atoms with van der Waals surface area (Å²) in [6, 6.07) is 21.0. The first kappa shape index (κ1) is 14.8. The Labute approximate surface area is 142 Å². The summed E-state index contributed by atoms with van der Waals surface area (Å²) in [5, 5.41) is 2.38. The van der Waals surface area contributed by atoms with Gasteiger partial charge in [0, 0.05) is 11.1 Å². The predicted octanol–water partition coefficient (Wildman–Crippen LogP) is 5.29. The summed E-state index contributed by atoms with van der Waals surface area (Å²) >= 11 is 0. The average molecular weight is 310 g/mol. The molecule has 0 bridgehead atoms. The normalized spacial score (nSPS) is 18.0. The Morgan fingerprint density at radius 1 is 1.00 bits per heavy atom. The molecule has 3 aromatic carbocycles. The third kappa shape index (κ3) is 2.01. The van der Waals surface area contributed by atoms with Crippen molar-refractivity contribution in [2.75, 3.05) is 6.61 Å². The van der Waals surface area contributed by atoms with Crippen LogP contribution in [0, 0.1) is 12.3 Å². The van der Waals surface area contributed by atoms with Crippen molar-refractivity contribution < 1.29 is 4.74 Å². The molecule has 4 rings (SSSR count). The molecule has 0 saturated carbocycles. The first-order chi connectivity index (χ1) is 11.7. The van der Waals surface area contributed by atoms with Gasteiger partial charge in [-0.05, 0) is 41.0 Å². The van der Waals surface area contributed by atoms with E-state index in [1.54, 1.807) is 0 Å². The molecule has 0 aliphatic heterocycles. The van der Waals surface area contributed by atoms with Crippen molar-refractivity contribution in [2.45, 2.75) is 12.5 Å². The van der Waals surface area contributed by atoms with Crippen LogP contribution >= 0.6 is 0 Å². The van der Waals surface area contributed by atoms with Gasteiger partial charge in [-0.15, -0.1) is 6.42 Å². The highest BCUT2D eigenvalue weighted by atomic mass is 16.5. The standard InChI is InChI=1S/C23H18O/c1-4-23(24-15-16(2)3)21-12-8-7-11-19(21)20-13-17-9-5-6-10-18(17)14-22(20)23/h1,5-14H,2,15H2,3H3. The smallest absolute Gasteiger partial charge is 0.181 e. The predicted molar refractivity (Wildman–Crippen MR) is 99.8 cm³/mol. The van der Waals surface area contributed by atoms with Gasteiger partial charge < -0.3 is 4.74 Å². The summed E-state index contributed by atoms with van der Waals surface area (Å²) in [5.74, 6) is 2.95. The van der Waals surface area contributed by atoms with Crippen LogP contribution in [0.2, 0.25) is 0 Å². The lowest BCUT2D eigenvalue weighted by atomic mass is 9.90. The molecular weight excluding hydrogens is 292 g/mol. The zero-order valence-electron chi connectivity index (χ0n) is 13.7. The molecule has 116 valence electrons. The van der Waals surface area contributed by atoms with E-state index in [1.807, 2.05) is 25.1 Å². The lowest BCUT2D eigenvalue weighted by Crippen LogP contribution is -2.27. The third-order valence-corrected chi connectivity index (χ3v) is 4.60. The first-order valence-corrected chi connectivity index (χ1v) is 8.05. The number of hydrogen-bond donors (Lipinski definition) is 0. The van der Waals surface area contributed by atoms with Crippen LogP contribution in [0.25, 0.3) is 21.9 Å². The van der Waals surface area contributed by atoms with Crippen LogP contribution in [0.3, 0.4) is 0 Å². The zero-order valence-corrected chi connectivity index (χ0v) is 13.7. The Morgan fingerprint density at radius 3 is 2.38 bits per heavy atom. The fourth-order valence-electron chi connectivity index (χ4n) is 3.51. The van der Waals surface area contributed by atoms with Crippen molar-refractivity contribution in [1.82, 2.24) is 0 Å². The van der Waals surface area contributed by atoms with E-state index in [4.69, 9.17) is 11.2 Å². The lowest BCUT2D eigenvalue weighted by Gasteiger charge is -2.27. The van der Waals surface area contributed by atoms with E-state index >= 15 is 0 Å². The average Bonchev–Trinajstić information content (AvgIpc) is 2.88. The fraction of sp³-hybridized carbons (Fsp3) is 0.130. The molecule has 0 amide bonds. The summed E-state index contributed by atoms with van der Waals surface area (Å²) < 4.78 is 6.27. The van der Waals surface area contributed by atoms with E-state index in [0.717, 1.165) is 27.8 Å². The van der Waals surface area contributed by atoms with Crippen LogP contribution in [0.5, 0.6) is 0 Å². The maximum atomic E-state index is 6.27. The third-order valence-electron chi connectivity index (χ3n) is 4.60. The van der Waals surface area contributed by atoms with E-state index in [1.165, 1.54) is 10.8 Å². The van der Waals surface area contributed by atoms with Crippen LogP contribution in [0.4, 0.5) is 0 Å². The zero-order chi connectivity index (χ0) is 16.7. The number of terminal acetylenes is 1. The molecular formula is C23H18O. The second kappa shape index (κ2) is 5.37. The minimum atomic E-state index is -0.852. The second-order valence-corrected chi connectivity index (χ2v) is 6.36. The highest BCUT2D eigenvalue weighted by molar-refractivity contribution is 5.94. The second-order valence-electron chi connectivity index (χ2n) is 6.36. The van der Waals surface area contributed by atoms with Gasteiger partial charge in [-0.2, -0.15) is 0 Å². The molecule has 0 radical (unpaired) electrons. The fourth-order valence-corrected chi connectivity index (χ4v) is 3.51. The molecule has 0 spiro atoms. The van der Waals surface area contributed by atoms with Crippen molar-refractivity contribution in [3.8, 4) is 23.5 Å². The molecule has 1 heteroatoms. The van der Waals surface area contributed by atoms with Gasteiger partial charge in [-0.25, -0.2) is 0 Å². The molecule has 1 unspecified atom stereocenters. The molecule has 1 aliphatic rings. The molecule has 1 nitrogen and oxygen atoms in total. The Hall–Kier alpha value is -2.82. The molecule has 24 heavy (non-hydrogen) atoms. The highest BCUT2D eigenvalue weighted by Crippen LogP contribution is 2.50. The molecule has 0 fully saturated rings. The van der Waals surface area contributed by atoms with Crippen LogP contribution in [0.1, 0.15) is 18.1 Å². The van der Waals surface area contributed by atoms with Crippen LogP contribution < -0.4 is 0 Å². The van der Waals surface area contributed by atoms with Crippen molar-refractivity contribution >= 4 is 10.8 Å². The minimum absolute atomic E-state index is 0.435. The molecule has 1 atom stereocenters. The topological polar surface area (TPSA) is 9.23 Å². The van der Waals surface area contributed by atoms with Gasteiger partial charge in [-0.1, -0.05) is 66.6 Å². The summed E-state index contributed by atoms with van der Waals surface area (Å²) in [5.41, 5.74) is 4.50. The van der Waals surface area contributed by atoms with Crippen LogP contribution in [-0.4, -0.2) is 6.61 Å². The van der Waals surface area contributed by atoms with Crippen LogP contribution in [-0.2, 0) is 10.3 Å². The number of hydrogen-bond acceptors (Lipinski definition) is 1. The molecule has 0 aromatic heterocycles. The van der Waals surface area contributed by atoms with Gasteiger partial charge in [-0.3, -0.25) is 0 Å². The summed E-state index contributed by atoms with van der Waals surface area (Å²) in [7, 11) is 0. The van der Waals surface area contributed by atoms with Crippen molar-refractivity contribution in [3.63, 3.8) is 0 Å². The largest absolute Gasteiger partial charge is 0.349 e. The van der Waals surface area contributed by atoms with Gasteiger partial charge in [0.2, 0.25) is 0 Å². The summed E-state index contributed by atoms with van der Waals surface area (Å²) in [6.45, 7) is 6.34. The maximum absolute atomic E-state index is 6.27. The SMILES string of the molecule is C#CC1(OCC(=C)C)c2ccccc2-c2cc3ccccc3cc21. The van der Waals surface area contributed by atoms with Gasteiger partial charge in [0.1, 0.15) is 0 Å². The number of fused-ring (bicyclic) bond motifs is 4. The quantitative estimate of drug-likeness (QED) is 0.472. The lowest BCUT2D eigenvalue weighted by molar-refractivity contribution is 0.0460. The van der Waals surface area contributed by atoms with E-state index in [-0.39, 0.29) is 0 Å². The Bertz CT molecular complexity index is 1010. The first-order valence-electron chi connectivity index (χ1n) is 8.05. The molecule has 0 saturated heterocycles. The van der Waals surface area contributed by atoms with E-state index in [0.29, 0.717) is 6.61 Å². The van der Waals surface area contributed by atoms with Crippen LogP contribution in [0.15, 0.2) is 72.8 Å². The summed E-state index contributed by atoms with van der Waals surface area (Å²) in [6.07, 6.45) is 6.02. The highest BCUT2D eigenvalue weighted by Gasteiger charge is 2.43. The van der Waals surface area contributed by atoms with E-state index in [2.05, 4.69) is 55.0 Å². The summed E-state index contributed by atoms with van der Waals surface area (Å²) in [4.78, 5) is 0. The van der Waals surface area contributed by atoms with Gasteiger partial charge in [0.15, 0.2) is 5.60 Å². The van der Waals surface area contributed by atoms with E-state index in [9.17, 15) is 0 Å². The molecule has 3 aromatic rings. The number of ether oxygens (including phenoxy) is 1. The van der Waals surface area contributed by atoms with Gasteiger partial charge >= 0.3 is 0 Å². The maximum Gasteiger partial charge on any atom is 0.181 e. The molecule has 1 aliphatic carbocycles. The Balaban J connectivity index is 2.04. The Morgan fingerprint density at radius 2 is 1.67 bits per heavy atom. The van der Waals surface area contributed by atoms with Crippen molar-refractivity contribution in [3.05, 3.63) is 83.9 Å².